The zero-order valence-electron chi connectivity index (χ0n) is 11.7. The van der Waals surface area contributed by atoms with Gasteiger partial charge in [0.15, 0.2) is 9.84 Å². The summed E-state index contributed by atoms with van der Waals surface area (Å²) >= 11 is 0. The number of amides is 1. The Kier molecular flexibility index (Phi) is 9.01. The van der Waals surface area contributed by atoms with Gasteiger partial charge in [-0.3, -0.25) is 4.79 Å². The lowest BCUT2D eigenvalue weighted by Crippen LogP contribution is -2.36. The molecule has 1 amide bonds. The SMILES string of the molecule is CCCNCCCS(=O)(=O)CC(=O)N(CC)CC. The molecule has 1 N–H and O–H groups in total. The summed E-state index contributed by atoms with van der Waals surface area (Å²) in [6.07, 6.45) is 1.60. The first-order valence-electron chi connectivity index (χ1n) is 6.65. The first-order chi connectivity index (χ1) is 8.46. The van der Waals surface area contributed by atoms with Crippen LogP contribution in [0.25, 0.3) is 0 Å². The molecule has 0 aliphatic rings. The van der Waals surface area contributed by atoms with Gasteiger partial charge in [0.1, 0.15) is 5.75 Å². The second kappa shape index (κ2) is 9.33. The third-order valence-corrected chi connectivity index (χ3v) is 4.29. The van der Waals surface area contributed by atoms with E-state index >= 15 is 0 Å². The largest absolute Gasteiger partial charge is 0.342 e. The van der Waals surface area contributed by atoms with Crippen molar-refractivity contribution in [1.29, 1.82) is 0 Å². The smallest absolute Gasteiger partial charge is 0.237 e. The van der Waals surface area contributed by atoms with Gasteiger partial charge >= 0.3 is 0 Å². The molecule has 0 aromatic heterocycles. The van der Waals surface area contributed by atoms with Gasteiger partial charge in [0, 0.05) is 13.1 Å². The fraction of sp³-hybridized carbons (Fsp3) is 0.917. The minimum absolute atomic E-state index is 0.0801. The van der Waals surface area contributed by atoms with E-state index in [4.69, 9.17) is 0 Å². The van der Waals surface area contributed by atoms with E-state index in [-0.39, 0.29) is 17.4 Å². The Morgan fingerprint density at radius 1 is 1.11 bits per heavy atom. The molecule has 0 radical (unpaired) electrons. The fourth-order valence-electron chi connectivity index (χ4n) is 1.65. The van der Waals surface area contributed by atoms with E-state index in [1.807, 2.05) is 13.8 Å². The highest BCUT2D eigenvalue weighted by Crippen LogP contribution is 1.98. The average molecular weight is 278 g/mol. The molecule has 0 spiro atoms. The average Bonchev–Trinajstić information content (AvgIpc) is 2.29. The monoisotopic (exact) mass is 278 g/mol. The summed E-state index contributed by atoms with van der Waals surface area (Å²) in [5.41, 5.74) is 0. The zero-order valence-corrected chi connectivity index (χ0v) is 12.6. The van der Waals surface area contributed by atoms with Crippen LogP contribution in [0.15, 0.2) is 0 Å². The lowest BCUT2D eigenvalue weighted by Gasteiger charge is -2.18. The molecule has 0 aliphatic heterocycles. The van der Waals surface area contributed by atoms with Crippen molar-refractivity contribution >= 4 is 15.7 Å². The van der Waals surface area contributed by atoms with E-state index < -0.39 is 9.84 Å². The van der Waals surface area contributed by atoms with Crippen LogP contribution in [-0.4, -0.2) is 56.9 Å². The van der Waals surface area contributed by atoms with Crippen LogP contribution in [0.3, 0.4) is 0 Å². The Hall–Kier alpha value is -0.620. The van der Waals surface area contributed by atoms with Crippen LogP contribution in [0.2, 0.25) is 0 Å². The lowest BCUT2D eigenvalue weighted by molar-refractivity contribution is -0.128. The predicted octanol–water partition coefficient (Wildman–Crippen LogP) is 0.659. The molecule has 0 rings (SSSR count). The third-order valence-electron chi connectivity index (χ3n) is 2.70. The highest BCUT2D eigenvalue weighted by atomic mass is 32.2. The molecule has 108 valence electrons. The second-order valence-corrected chi connectivity index (χ2v) is 6.45. The summed E-state index contributed by atoms with van der Waals surface area (Å²) in [6, 6.07) is 0. The summed E-state index contributed by atoms with van der Waals surface area (Å²) < 4.78 is 23.5. The van der Waals surface area contributed by atoms with E-state index in [1.165, 1.54) is 0 Å². The van der Waals surface area contributed by atoms with Crippen molar-refractivity contribution < 1.29 is 13.2 Å². The van der Waals surface area contributed by atoms with Crippen molar-refractivity contribution in [3.63, 3.8) is 0 Å². The molecule has 5 nitrogen and oxygen atoms in total. The minimum Gasteiger partial charge on any atom is -0.342 e. The number of rotatable bonds is 10. The van der Waals surface area contributed by atoms with Gasteiger partial charge in [-0.2, -0.15) is 0 Å². The molecule has 0 fully saturated rings. The lowest BCUT2D eigenvalue weighted by atomic mass is 10.4. The number of carbonyl (C=O) groups is 1. The van der Waals surface area contributed by atoms with Gasteiger partial charge in [0.25, 0.3) is 0 Å². The highest BCUT2D eigenvalue weighted by molar-refractivity contribution is 7.92. The van der Waals surface area contributed by atoms with Crippen LogP contribution in [0.4, 0.5) is 0 Å². The first kappa shape index (κ1) is 17.4. The molecule has 0 atom stereocenters. The Balaban J connectivity index is 4.03. The summed E-state index contributed by atoms with van der Waals surface area (Å²) in [5, 5.41) is 3.15. The molecular weight excluding hydrogens is 252 g/mol. The van der Waals surface area contributed by atoms with Gasteiger partial charge in [-0.15, -0.1) is 0 Å². The third kappa shape index (κ3) is 7.66. The van der Waals surface area contributed by atoms with E-state index in [1.54, 1.807) is 4.90 Å². The van der Waals surface area contributed by atoms with Crippen molar-refractivity contribution in [2.24, 2.45) is 0 Å². The zero-order chi connectivity index (χ0) is 14.0. The topological polar surface area (TPSA) is 66.5 Å². The normalized spacial score (nSPS) is 11.5. The predicted molar refractivity (Wildman–Crippen MR) is 74.4 cm³/mol. The first-order valence-corrected chi connectivity index (χ1v) is 8.47. The fourth-order valence-corrected chi connectivity index (χ4v) is 2.93. The Labute approximate surface area is 111 Å². The summed E-state index contributed by atoms with van der Waals surface area (Å²) in [5.74, 6) is -0.569. The standard InChI is InChI=1S/C12H26N2O3S/c1-4-8-13-9-7-10-18(16,17)11-12(15)14(5-2)6-3/h13H,4-11H2,1-3H3. The van der Waals surface area contributed by atoms with Crippen molar-refractivity contribution in [2.45, 2.75) is 33.6 Å². The van der Waals surface area contributed by atoms with Gasteiger partial charge in [0.05, 0.1) is 5.75 Å². The van der Waals surface area contributed by atoms with Crippen LogP contribution in [0.1, 0.15) is 33.6 Å². The van der Waals surface area contributed by atoms with Crippen molar-refractivity contribution in [3.8, 4) is 0 Å². The second-order valence-electron chi connectivity index (χ2n) is 4.26. The van der Waals surface area contributed by atoms with Crippen molar-refractivity contribution in [1.82, 2.24) is 10.2 Å². The molecule has 0 aromatic carbocycles. The number of carbonyl (C=O) groups excluding carboxylic acids is 1. The Morgan fingerprint density at radius 3 is 2.22 bits per heavy atom. The summed E-state index contributed by atoms with van der Waals surface area (Å²) in [7, 11) is -3.26. The molecule has 0 bridgehead atoms. The molecule has 0 heterocycles. The molecule has 0 saturated heterocycles. The maximum Gasteiger partial charge on any atom is 0.237 e. The summed E-state index contributed by atoms with van der Waals surface area (Å²) in [6.45, 7) is 8.47. The minimum atomic E-state index is -3.26. The van der Waals surface area contributed by atoms with Crippen LogP contribution >= 0.6 is 0 Å². The van der Waals surface area contributed by atoms with Gasteiger partial charge in [-0.25, -0.2) is 8.42 Å². The van der Waals surface area contributed by atoms with E-state index in [0.29, 0.717) is 26.1 Å². The molecule has 0 unspecified atom stereocenters. The quantitative estimate of drug-likeness (QED) is 0.596. The van der Waals surface area contributed by atoms with Crippen molar-refractivity contribution in [2.75, 3.05) is 37.7 Å². The van der Waals surface area contributed by atoms with Crippen LogP contribution in [0.5, 0.6) is 0 Å². The van der Waals surface area contributed by atoms with E-state index in [2.05, 4.69) is 12.2 Å². The molecular formula is C12H26N2O3S. The van der Waals surface area contributed by atoms with Gasteiger partial charge in [-0.1, -0.05) is 6.92 Å². The maximum atomic E-state index is 11.7. The van der Waals surface area contributed by atoms with Gasteiger partial charge < -0.3 is 10.2 Å². The summed E-state index contributed by atoms with van der Waals surface area (Å²) in [4.78, 5) is 13.2. The number of nitrogens with zero attached hydrogens (tertiary/aromatic N) is 1. The Morgan fingerprint density at radius 2 is 1.72 bits per heavy atom. The van der Waals surface area contributed by atoms with Crippen LogP contribution in [0, 0.1) is 0 Å². The Bertz CT molecular complexity index is 324. The van der Waals surface area contributed by atoms with Gasteiger partial charge in [-0.05, 0) is 39.8 Å². The molecule has 6 heteroatoms. The number of nitrogens with one attached hydrogen (secondary N) is 1. The van der Waals surface area contributed by atoms with Gasteiger partial charge in [0.2, 0.25) is 5.91 Å². The van der Waals surface area contributed by atoms with Crippen molar-refractivity contribution in [3.05, 3.63) is 0 Å². The number of hydrogen-bond donors (Lipinski definition) is 1. The van der Waals surface area contributed by atoms with E-state index in [0.717, 1.165) is 13.0 Å². The molecule has 18 heavy (non-hydrogen) atoms. The molecule has 0 saturated carbocycles. The van der Waals surface area contributed by atoms with E-state index in [9.17, 15) is 13.2 Å². The molecule has 0 aromatic rings. The molecule has 0 aliphatic carbocycles. The maximum absolute atomic E-state index is 11.7. The van der Waals surface area contributed by atoms with Crippen LogP contribution in [-0.2, 0) is 14.6 Å². The highest BCUT2D eigenvalue weighted by Gasteiger charge is 2.19. The van der Waals surface area contributed by atoms with Crippen LogP contribution < -0.4 is 5.32 Å². The number of hydrogen-bond acceptors (Lipinski definition) is 4. The number of sulfone groups is 1.